The highest BCUT2D eigenvalue weighted by Crippen LogP contribution is 2.45. The van der Waals surface area contributed by atoms with Gasteiger partial charge in [0.25, 0.3) is 0 Å². The Labute approximate surface area is 249 Å². The molecule has 0 heterocycles. The first-order chi connectivity index (χ1) is 20.2. The van der Waals surface area contributed by atoms with Gasteiger partial charge in [-0.2, -0.15) is 0 Å². The van der Waals surface area contributed by atoms with Gasteiger partial charge in [0, 0.05) is 36.9 Å². The molecule has 0 unspecified atom stereocenters. The molecule has 3 N–H and O–H groups in total. The van der Waals surface area contributed by atoms with Crippen LogP contribution in [0.2, 0.25) is 0 Å². The van der Waals surface area contributed by atoms with Gasteiger partial charge in [-0.1, -0.05) is 57.2 Å². The lowest BCUT2D eigenvalue weighted by atomic mass is 9.98. The van der Waals surface area contributed by atoms with Crippen molar-refractivity contribution in [2.45, 2.75) is 83.4 Å². The number of anilines is 1. The minimum absolute atomic E-state index is 0.0914. The molecule has 0 spiro atoms. The Kier molecular flexibility index (Phi) is 11.1. The molecular formula is C35H45F2N3O2. The van der Waals surface area contributed by atoms with Crippen LogP contribution >= 0.6 is 0 Å². The topological polar surface area (TPSA) is 64.6 Å². The molecular weight excluding hydrogens is 532 g/mol. The lowest BCUT2D eigenvalue weighted by molar-refractivity contribution is -0.130. The minimum atomic E-state index is -0.849. The number of benzene rings is 3. The second kappa shape index (κ2) is 14.7. The lowest BCUT2D eigenvalue weighted by Crippen LogP contribution is -2.45. The molecule has 1 aliphatic rings. The normalized spacial score (nSPS) is 15.2. The molecule has 3 aromatic rings. The monoisotopic (exact) mass is 577 g/mol. The van der Waals surface area contributed by atoms with Crippen LogP contribution in [0.1, 0.15) is 68.7 Å². The zero-order chi connectivity index (χ0) is 30.1. The molecule has 0 saturated heterocycles. The number of nitrogens with one attached hydrogen (secondary N) is 2. The van der Waals surface area contributed by atoms with Crippen molar-refractivity contribution in [2.24, 2.45) is 0 Å². The third kappa shape index (κ3) is 8.62. The number of carbonyl (C=O) groups excluding carboxylic acids is 1. The summed E-state index contributed by atoms with van der Waals surface area (Å²) in [5.41, 5.74) is 4.42. The molecule has 0 aromatic heterocycles. The first-order valence-electron chi connectivity index (χ1n) is 15.4. The number of hydrogen-bond donors (Lipinski definition) is 3. The summed E-state index contributed by atoms with van der Waals surface area (Å²) in [6, 6.07) is 19.1. The van der Waals surface area contributed by atoms with Gasteiger partial charge in [0.2, 0.25) is 5.91 Å². The molecule has 4 rings (SSSR count). The van der Waals surface area contributed by atoms with Crippen LogP contribution in [0.15, 0.2) is 66.7 Å². The summed E-state index contributed by atoms with van der Waals surface area (Å²) in [4.78, 5) is 14.9. The summed E-state index contributed by atoms with van der Waals surface area (Å²) >= 11 is 0. The Balaban J connectivity index is 1.50. The molecule has 1 aliphatic carbocycles. The van der Waals surface area contributed by atoms with Gasteiger partial charge in [-0.3, -0.25) is 4.79 Å². The predicted molar refractivity (Wildman–Crippen MR) is 166 cm³/mol. The van der Waals surface area contributed by atoms with Gasteiger partial charge < -0.3 is 20.6 Å². The van der Waals surface area contributed by atoms with Crippen molar-refractivity contribution in [2.75, 3.05) is 25.0 Å². The van der Waals surface area contributed by atoms with Crippen molar-refractivity contribution >= 4 is 11.6 Å². The van der Waals surface area contributed by atoms with Crippen LogP contribution in [0.5, 0.6) is 0 Å². The fourth-order valence-electron chi connectivity index (χ4n) is 5.66. The number of carbonyl (C=O) groups is 1. The smallest absolute Gasteiger partial charge is 0.226 e. The van der Waals surface area contributed by atoms with E-state index in [4.69, 9.17) is 0 Å². The number of aliphatic hydroxyl groups excluding tert-OH is 1. The van der Waals surface area contributed by atoms with Crippen LogP contribution in [0, 0.1) is 11.6 Å². The highest BCUT2D eigenvalue weighted by atomic mass is 19.1. The Bertz CT molecular complexity index is 1300. The highest BCUT2D eigenvalue weighted by Gasteiger charge is 2.44. The second-order valence-electron chi connectivity index (χ2n) is 11.6. The van der Waals surface area contributed by atoms with E-state index in [0.717, 1.165) is 62.5 Å². The fraction of sp³-hybridized carbons (Fsp3) is 0.457. The van der Waals surface area contributed by atoms with E-state index >= 15 is 0 Å². The average Bonchev–Trinajstić information content (AvgIpc) is 3.76. The summed E-state index contributed by atoms with van der Waals surface area (Å²) in [5.74, 6) is -1.20. The summed E-state index contributed by atoms with van der Waals surface area (Å²) < 4.78 is 28.1. The largest absolute Gasteiger partial charge is 0.390 e. The van der Waals surface area contributed by atoms with Crippen molar-refractivity contribution in [3.63, 3.8) is 0 Å². The first kappa shape index (κ1) is 31.6. The summed E-state index contributed by atoms with van der Waals surface area (Å²) in [7, 11) is 0. The summed E-state index contributed by atoms with van der Waals surface area (Å²) in [6.45, 7) is 8.06. The molecule has 1 amide bonds. The molecule has 0 bridgehead atoms. The first-order valence-corrected chi connectivity index (χ1v) is 15.4. The van der Waals surface area contributed by atoms with Crippen LogP contribution in [-0.4, -0.2) is 47.7 Å². The van der Waals surface area contributed by atoms with E-state index in [-0.39, 0.29) is 17.9 Å². The SMILES string of the molecule is CCCN(CCC)C(=O)Cc1cccc(N[C@@H](Cc2cc(F)cc(F)c2)[C@H](O)CNC2(c3cccc(CC)c3)CC2)c1. The second-order valence-corrected chi connectivity index (χ2v) is 11.6. The summed E-state index contributed by atoms with van der Waals surface area (Å²) in [6.07, 6.45) is 4.42. The minimum Gasteiger partial charge on any atom is -0.390 e. The van der Waals surface area contributed by atoms with Crippen LogP contribution in [0.4, 0.5) is 14.5 Å². The number of aryl methyl sites for hydroxylation is 1. The van der Waals surface area contributed by atoms with Crippen LogP contribution < -0.4 is 10.6 Å². The third-order valence-electron chi connectivity index (χ3n) is 8.10. The zero-order valence-electron chi connectivity index (χ0n) is 25.1. The van der Waals surface area contributed by atoms with Crippen LogP contribution in [0.3, 0.4) is 0 Å². The van der Waals surface area contributed by atoms with E-state index < -0.39 is 23.8 Å². The molecule has 0 radical (unpaired) electrons. The molecule has 1 fully saturated rings. The number of hydrogen-bond acceptors (Lipinski definition) is 4. The molecule has 226 valence electrons. The maximum atomic E-state index is 14.0. The van der Waals surface area contributed by atoms with Gasteiger partial charge in [0.15, 0.2) is 0 Å². The predicted octanol–water partition coefficient (Wildman–Crippen LogP) is 6.38. The zero-order valence-corrected chi connectivity index (χ0v) is 25.1. The molecule has 1 saturated carbocycles. The van der Waals surface area contributed by atoms with Crippen molar-refractivity contribution in [1.82, 2.24) is 10.2 Å². The molecule has 3 aromatic carbocycles. The number of halogens is 2. The Morgan fingerprint density at radius 3 is 2.21 bits per heavy atom. The van der Waals surface area contributed by atoms with Crippen LogP contribution in [-0.2, 0) is 29.6 Å². The average molecular weight is 578 g/mol. The molecule has 2 atom stereocenters. The van der Waals surface area contributed by atoms with E-state index in [1.807, 2.05) is 29.2 Å². The van der Waals surface area contributed by atoms with E-state index in [2.05, 4.69) is 55.7 Å². The Morgan fingerprint density at radius 1 is 0.905 bits per heavy atom. The van der Waals surface area contributed by atoms with Gasteiger partial charge in [-0.05, 0) is 85.0 Å². The van der Waals surface area contributed by atoms with E-state index in [9.17, 15) is 18.7 Å². The molecule has 42 heavy (non-hydrogen) atoms. The molecule has 0 aliphatic heterocycles. The van der Waals surface area contributed by atoms with E-state index in [1.54, 1.807) is 0 Å². The van der Waals surface area contributed by atoms with E-state index in [0.29, 0.717) is 18.5 Å². The Morgan fingerprint density at radius 2 is 1.57 bits per heavy atom. The van der Waals surface area contributed by atoms with Crippen molar-refractivity contribution in [3.05, 3.63) is 101 Å². The molecule has 5 nitrogen and oxygen atoms in total. The van der Waals surface area contributed by atoms with Gasteiger partial charge in [0.1, 0.15) is 11.6 Å². The maximum Gasteiger partial charge on any atom is 0.226 e. The Hall–Kier alpha value is -3.29. The number of aliphatic hydroxyl groups is 1. The third-order valence-corrected chi connectivity index (χ3v) is 8.10. The standard InChI is InChI=1S/C35H45F2N3O2/c1-4-15-40(16-5-2)34(42)22-26-10-8-12-31(20-26)39-32(21-27-18-29(36)23-30(37)19-27)33(41)24-38-35(13-14-35)28-11-7-9-25(6-3)17-28/h7-12,17-20,23,32-33,38-39,41H,4-6,13-16,21-22,24H2,1-3H3/t32-,33+/m0/s1. The van der Waals surface area contributed by atoms with Crippen molar-refractivity contribution < 1.29 is 18.7 Å². The van der Waals surface area contributed by atoms with Gasteiger partial charge in [0.05, 0.1) is 18.6 Å². The highest BCUT2D eigenvalue weighted by molar-refractivity contribution is 5.79. The lowest BCUT2D eigenvalue weighted by Gasteiger charge is -2.28. The summed E-state index contributed by atoms with van der Waals surface area (Å²) in [5, 5.41) is 18.5. The van der Waals surface area contributed by atoms with Crippen molar-refractivity contribution in [1.29, 1.82) is 0 Å². The van der Waals surface area contributed by atoms with Crippen molar-refractivity contribution in [3.8, 4) is 0 Å². The van der Waals surface area contributed by atoms with Gasteiger partial charge >= 0.3 is 0 Å². The maximum absolute atomic E-state index is 14.0. The van der Waals surface area contributed by atoms with Gasteiger partial charge in [-0.25, -0.2) is 8.78 Å². The van der Waals surface area contributed by atoms with E-state index in [1.165, 1.54) is 23.3 Å². The number of nitrogens with zero attached hydrogens (tertiary/aromatic N) is 1. The quantitative estimate of drug-likeness (QED) is 0.185. The van der Waals surface area contributed by atoms with Crippen LogP contribution in [0.25, 0.3) is 0 Å². The fourth-order valence-corrected chi connectivity index (χ4v) is 5.66. The van der Waals surface area contributed by atoms with Gasteiger partial charge in [-0.15, -0.1) is 0 Å². The number of amides is 1. The number of rotatable bonds is 16. The molecule has 7 heteroatoms.